The summed E-state index contributed by atoms with van der Waals surface area (Å²) >= 11 is 0. The average molecular weight is 402 g/mol. The van der Waals surface area contributed by atoms with E-state index in [0.29, 0.717) is 36.8 Å². The van der Waals surface area contributed by atoms with Gasteiger partial charge in [-0.15, -0.1) is 0 Å². The fraction of sp³-hybridized carbons (Fsp3) is 0.250. The van der Waals surface area contributed by atoms with Gasteiger partial charge in [0, 0.05) is 5.56 Å². The van der Waals surface area contributed by atoms with Crippen LogP contribution in [0.5, 0.6) is 0 Å². The highest BCUT2D eigenvalue weighted by Gasteiger charge is 2.26. The molecule has 3 aromatic rings. The third-order valence-electron chi connectivity index (χ3n) is 5.76. The van der Waals surface area contributed by atoms with Gasteiger partial charge in [0.15, 0.2) is 23.3 Å². The lowest BCUT2D eigenvalue weighted by Crippen LogP contribution is -2.15. The molecule has 0 saturated carbocycles. The van der Waals surface area contributed by atoms with Crippen LogP contribution >= 0.6 is 0 Å². The number of fused-ring (bicyclic) bond motifs is 1. The van der Waals surface area contributed by atoms with Crippen molar-refractivity contribution in [3.05, 3.63) is 93.8 Å². The molecule has 1 atom stereocenters. The molecule has 0 aliphatic heterocycles. The van der Waals surface area contributed by atoms with E-state index >= 15 is 0 Å². The van der Waals surface area contributed by atoms with E-state index in [2.05, 4.69) is 0 Å². The van der Waals surface area contributed by atoms with Crippen molar-refractivity contribution in [2.24, 2.45) is 0 Å². The molecule has 0 radical (unpaired) electrons. The molecule has 3 aromatic carbocycles. The molecule has 0 spiro atoms. The van der Waals surface area contributed by atoms with E-state index in [4.69, 9.17) is 0 Å². The summed E-state index contributed by atoms with van der Waals surface area (Å²) in [5.74, 6) is -4.45. The summed E-state index contributed by atoms with van der Waals surface area (Å²) in [5.41, 5.74) is 2.72. The maximum absolute atomic E-state index is 14.7. The van der Waals surface area contributed by atoms with Crippen LogP contribution in [0.25, 0.3) is 11.1 Å². The van der Waals surface area contributed by atoms with Crippen molar-refractivity contribution >= 4 is 0 Å². The summed E-state index contributed by atoms with van der Waals surface area (Å²) in [5, 5.41) is 0. The van der Waals surface area contributed by atoms with Crippen molar-refractivity contribution in [1.29, 1.82) is 0 Å². The van der Waals surface area contributed by atoms with Gasteiger partial charge in [0.1, 0.15) is 5.82 Å². The Bertz CT molecular complexity index is 1090. The van der Waals surface area contributed by atoms with Gasteiger partial charge in [-0.1, -0.05) is 25.1 Å². The van der Waals surface area contributed by atoms with Crippen LogP contribution in [0, 0.1) is 29.1 Å². The summed E-state index contributed by atoms with van der Waals surface area (Å²) in [6.07, 6.45) is 1.96. The van der Waals surface area contributed by atoms with Crippen LogP contribution in [0.3, 0.4) is 0 Å². The Balaban J connectivity index is 1.67. The smallest absolute Gasteiger partial charge is 0.162 e. The number of hydrogen-bond donors (Lipinski definition) is 0. The van der Waals surface area contributed by atoms with Gasteiger partial charge in [-0.05, 0) is 83.7 Å². The van der Waals surface area contributed by atoms with Crippen LogP contribution in [0.2, 0.25) is 0 Å². The van der Waals surface area contributed by atoms with Gasteiger partial charge in [0.25, 0.3) is 0 Å². The minimum Gasteiger partial charge on any atom is -0.206 e. The molecule has 0 amide bonds. The van der Waals surface area contributed by atoms with Gasteiger partial charge in [0.2, 0.25) is 0 Å². The van der Waals surface area contributed by atoms with Gasteiger partial charge in [0.05, 0.1) is 0 Å². The number of rotatable bonds is 3. The Morgan fingerprint density at radius 3 is 2.31 bits per heavy atom. The highest BCUT2D eigenvalue weighted by molar-refractivity contribution is 5.66. The lowest BCUT2D eigenvalue weighted by atomic mass is 9.79. The van der Waals surface area contributed by atoms with Crippen LogP contribution in [-0.2, 0) is 19.3 Å². The predicted molar refractivity (Wildman–Crippen MR) is 102 cm³/mol. The number of benzene rings is 3. The lowest BCUT2D eigenvalue weighted by Gasteiger charge is -2.26. The normalized spacial score (nSPS) is 16.0. The fourth-order valence-electron chi connectivity index (χ4n) is 4.12. The number of aryl methyl sites for hydroxylation is 2. The zero-order valence-electron chi connectivity index (χ0n) is 15.8. The summed E-state index contributed by atoms with van der Waals surface area (Å²) < 4.78 is 70.1. The van der Waals surface area contributed by atoms with E-state index in [1.54, 1.807) is 25.1 Å². The lowest BCUT2D eigenvalue weighted by molar-refractivity contribution is 0.468. The largest absolute Gasteiger partial charge is 0.206 e. The Hall–Kier alpha value is -2.69. The predicted octanol–water partition coefficient (Wildman–Crippen LogP) is 6.88. The van der Waals surface area contributed by atoms with E-state index in [0.717, 1.165) is 23.3 Å². The molecule has 1 aliphatic carbocycles. The monoisotopic (exact) mass is 402 g/mol. The van der Waals surface area contributed by atoms with Crippen molar-refractivity contribution in [1.82, 2.24) is 0 Å². The van der Waals surface area contributed by atoms with Gasteiger partial charge < -0.3 is 0 Å². The quantitative estimate of drug-likeness (QED) is 0.419. The van der Waals surface area contributed by atoms with Crippen LogP contribution in [0.4, 0.5) is 22.0 Å². The first-order valence-corrected chi connectivity index (χ1v) is 9.62. The topological polar surface area (TPSA) is 0 Å². The molecule has 5 heteroatoms. The van der Waals surface area contributed by atoms with Crippen LogP contribution < -0.4 is 0 Å². The molecule has 0 saturated heterocycles. The molecule has 1 aliphatic rings. The van der Waals surface area contributed by atoms with E-state index in [-0.39, 0.29) is 17.0 Å². The molecule has 0 aromatic heterocycles. The average Bonchev–Trinajstić information content (AvgIpc) is 2.71. The third-order valence-corrected chi connectivity index (χ3v) is 5.76. The summed E-state index contributed by atoms with van der Waals surface area (Å²) in [6, 6.07) is 9.52. The Kier molecular flexibility index (Phi) is 5.15. The highest BCUT2D eigenvalue weighted by atomic mass is 19.2. The standard InChI is InChI=1S/C24H19F5/c1-2-13-5-7-18(24(29)23(13)28)15-4-3-14-10-19(21(26)12-17(14)9-15)16-6-8-20(25)22(27)11-16/h5-8,10-12,15H,2-4,9H2,1H3. The molecule has 1 unspecified atom stereocenters. The molecular formula is C24H19F5. The first-order valence-electron chi connectivity index (χ1n) is 9.62. The zero-order chi connectivity index (χ0) is 20.7. The Labute approximate surface area is 166 Å². The molecule has 0 fully saturated rings. The van der Waals surface area contributed by atoms with E-state index in [1.165, 1.54) is 12.1 Å². The van der Waals surface area contributed by atoms with Crippen molar-refractivity contribution in [2.45, 2.75) is 38.5 Å². The van der Waals surface area contributed by atoms with E-state index in [1.807, 2.05) is 0 Å². The first kappa shape index (κ1) is 19.6. The van der Waals surface area contributed by atoms with Gasteiger partial charge in [-0.2, -0.15) is 0 Å². The molecule has 0 bridgehead atoms. The van der Waals surface area contributed by atoms with Crippen molar-refractivity contribution in [2.75, 3.05) is 0 Å². The van der Waals surface area contributed by atoms with Gasteiger partial charge in [-0.3, -0.25) is 0 Å². The second-order valence-corrected chi connectivity index (χ2v) is 7.46. The second-order valence-electron chi connectivity index (χ2n) is 7.46. The number of halogens is 5. The minimum absolute atomic E-state index is 0.200. The summed E-state index contributed by atoms with van der Waals surface area (Å²) in [7, 11) is 0. The number of hydrogen-bond acceptors (Lipinski definition) is 0. The molecule has 4 rings (SSSR count). The zero-order valence-corrected chi connectivity index (χ0v) is 15.8. The maximum atomic E-state index is 14.7. The van der Waals surface area contributed by atoms with Crippen LogP contribution in [0.1, 0.15) is 41.5 Å². The Morgan fingerprint density at radius 1 is 0.793 bits per heavy atom. The summed E-state index contributed by atoms with van der Waals surface area (Å²) in [6.45, 7) is 1.77. The third kappa shape index (κ3) is 3.54. The fourth-order valence-corrected chi connectivity index (χ4v) is 4.12. The van der Waals surface area contributed by atoms with Crippen LogP contribution in [0.15, 0.2) is 42.5 Å². The van der Waals surface area contributed by atoms with Crippen molar-refractivity contribution in [3.63, 3.8) is 0 Å². The SMILES string of the molecule is CCc1ccc(C2CCc3cc(-c4ccc(F)c(F)c4)c(F)cc3C2)c(F)c1F. The first-order chi connectivity index (χ1) is 13.9. The van der Waals surface area contributed by atoms with Crippen molar-refractivity contribution in [3.8, 4) is 11.1 Å². The molecule has 150 valence electrons. The summed E-state index contributed by atoms with van der Waals surface area (Å²) in [4.78, 5) is 0. The Morgan fingerprint density at radius 2 is 1.59 bits per heavy atom. The minimum atomic E-state index is -1.03. The van der Waals surface area contributed by atoms with Crippen molar-refractivity contribution < 1.29 is 22.0 Å². The van der Waals surface area contributed by atoms with E-state index < -0.39 is 29.1 Å². The van der Waals surface area contributed by atoms with Gasteiger partial charge >= 0.3 is 0 Å². The van der Waals surface area contributed by atoms with E-state index in [9.17, 15) is 22.0 Å². The van der Waals surface area contributed by atoms with Crippen LogP contribution in [-0.4, -0.2) is 0 Å². The molecule has 0 nitrogen and oxygen atoms in total. The highest BCUT2D eigenvalue weighted by Crippen LogP contribution is 2.37. The molecule has 29 heavy (non-hydrogen) atoms. The molecule has 0 N–H and O–H groups in total. The maximum Gasteiger partial charge on any atom is 0.162 e. The van der Waals surface area contributed by atoms with Gasteiger partial charge in [-0.25, -0.2) is 22.0 Å². The molecular weight excluding hydrogens is 383 g/mol. The second kappa shape index (κ2) is 7.62. The molecule has 0 heterocycles.